The van der Waals surface area contributed by atoms with Crippen molar-refractivity contribution < 1.29 is 28.7 Å². The van der Waals surface area contributed by atoms with Crippen LogP contribution in [0.3, 0.4) is 0 Å². The van der Waals surface area contributed by atoms with E-state index >= 15 is 0 Å². The first kappa shape index (κ1) is 22.4. The zero-order chi connectivity index (χ0) is 23.6. The topological polar surface area (TPSA) is 86.7 Å². The molecule has 0 spiro atoms. The molecule has 6 nitrogen and oxygen atoms in total. The lowest BCUT2D eigenvalue weighted by Gasteiger charge is -2.57. The van der Waals surface area contributed by atoms with Gasteiger partial charge in [0.1, 0.15) is 0 Å². The predicted molar refractivity (Wildman–Crippen MR) is 117 cm³/mol. The summed E-state index contributed by atoms with van der Waals surface area (Å²) in [5.41, 5.74) is -0.989. The highest BCUT2D eigenvalue weighted by Gasteiger charge is 2.67. The van der Waals surface area contributed by atoms with Crippen molar-refractivity contribution in [2.75, 3.05) is 0 Å². The fourth-order valence-corrected chi connectivity index (χ4v) is 6.60. The lowest BCUT2D eigenvalue weighted by atomic mass is 9.47. The highest BCUT2D eigenvalue weighted by atomic mass is 16.6. The largest absolute Gasteiger partial charge is 0.451 e. The molecule has 5 aliphatic rings. The number of ketones is 2. The van der Waals surface area contributed by atoms with Crippen LogP contribution in [0.25, 0.3) is 0 Å². The zero-order valence-corrected chi connectivity index (χ0v) is 19.5. The van der Waals surface area contributed by atoms with E-state index in [-0.39, 0.29) is 29.3 Å². The maximum Gasteiger partial charge on any atom is 0.303 e. The molecule has 0 radical (unpaired) electrons. The van der Waals surface area contributed by atoms with Gasteiger partial charge in [-0.05, 0) is 69.6 Å². The summed E-state index contributed by atoms with van der Waals surface area (Å²) < 4.78 is 11.1. The van der Waals surface area contributed by atoms with Crippen LogP contribution < -0.4 is 0 Å². The summed E-state index contributed by atoms with van der Waals surface area (Å²) in [5.74, 6) is -1.34. The van der Waals surface area contributed by atoms with Crippen molar-refractivity contribution >= 4 is 23.5 Å². The van der Waals surface area contributed by atoms with Crippen LogP contribution in [0.2, 0.25) is 0 Å². The summed E-state index contributed by atoms with van der Waals surface area (Å²) in [6.45, 7) is 9.60. The van der Waals surface area contributed by atoms with E-state index in [1.165, 1.54) is 13.8 Å². The molecule has 6 heteroatoms. The number of rotatable bonds is 4. The van der Waals surface area contributed by atoms with Crippen molar-refractivity contribution in [2.24, 2.45) is 23.2 Å². The zero-order valence-electron chi connectivity index (χ0n) is 19.5. The van der Waals surface area contributed by atoms with Crippen LogP contribution in [0.15, 0.2) is 47.1 Å². The monoisotopic (exact) mass is 438 g/mol. The molecule has 6 atom stereocenters. The lowest BCUT2D eigenvalue weighted by Crippen LogP contribution is -2.65. The third kappa shape index (κ3) is 3.14. The van der Waals surface area contributed by atoms with E-state index in [1.54, 1.807) is 26.8 Å². The number of hydrogen-bond acceptors (Lipinski definition) is 6. The molecule has 0 N–H and O–H groups in total. The third-order valence-corrected chi connectivity index (χ3v) is 7.58. The van der Waals surface area contributed by atoms with Gasteiger partial charge in [-0.1, -0.05) is 29.9 Å². The molecular formula is C26H30O6. The molecule has 6 unspecified atom stereocenters. The molecule has 5 rings (SSSR count). The number of ether oxygens (including phenoxy) is 2. The van der Waals surface area contributed by atoms with Crippen molar-refractivity contribution in [2.45, 2.75) is 65.6 Å². The van der Waals surface area contributed by atoms with Crippen LogP contribution in [0, 0.1) is 23.2 Å². The van der Waals surface area contributed by atoms with E-state index < -0.39 is 28.6 Å². The molecule has 0 aliphatic heterocycles. The van der Waals surface area contributed by atoms with Crippen LogP contribution in [0.5, 0.6) is 0 Å². The quantitative estimate of drug-likeness (QED) is 0.490. The average Bonchev–Trinajstić information content (AvgIpc) is 3.14. The van der Waals surface area contributed by atoms with Gasteiger partial charge in [0.2, 0.25) is 5.78 Å². The highest BCUT2D eigenvalue weighted by molar-refractivity contribution is 6.05. The number of Topliss-reactive ketones (excluding diaryl/α,β-unsaturated/α-hetero) is 2. The van der Waals surface area contributed by atoms with Crippen LogP contribution in [0.1, 0.15) is 54.4 Å². The molecule has 2 bridgehead atoms. The fraction of sp³-hybridized carbons (Fsp3) is 0.538. The number of carbonyl (C=O) groups is 4. The molecule has 170 valence electrons. The van der Waals surface area contributed by atoms with Gasteiger partial charge in [0.25, 0.3) is 0 Å². The van der Waals surface area contributed by atoms with Gasteiger partial charge in [-0.15, -0.1) is 0 Å². The number of allylic oxidation sites excluding steroid dienone is 5. The summed E-state index contributed by atoms with van der Waals surface area (Å²) in [6.07, 6.45) is 11.1. The maximum atomic E-state index is 13.6. The molecule has 0 aromatic rings. The van der Waals surface area contributed by atoms with Gasteiger partial charge in [-0.25, -0.2) is 0 Å². The Morgan fingerprint density at radius 1 is 1.06 bits per heavy atom. The smallest absolute Gasteiger partial charge is 0.303 e. The molecule has 0 aromatic carbocycles. The predicted octanol–water partition coefficient (Wildman–Crippen LogP) is 3.81. The van der Waals surface area contributed by atoms with E-state index in [0.717, 1.165) is 17.6 Å². The highest BCUT2D eigenvalue weighted by Crippen LogP contribution is 2.62. The minimum atomic E-state index is -1.36. The Labute approximate surface area is 188 Å². The second-order valence-corrected chi connectivity index (χ2v) is 10.1. The molecule has 0 aromatic heterocycles. The minimum absolute atomic E-state index is 0.0526. The van der Waals surface area contributed by atoms with Crippen LogP contribution in [0.4, 0.5) is 0 Å². The molecule has 0 saturated heterocycles. The molecule has 5 aliphatic carbocycles. The van der Waals surface area contributed by atoms with Crippen molar-refractivity contribution in [1.82, 2.24) is 0 Å². The summed E-state index contributed by atoms with van der Waals surface area (Å²) in [4.78, 5) is 49.9. The fourth-order valence-electron chi connectivity index (χ4n) is 6.60. The number of hydrogen-bond donors (Lipinski definition) is 0. The average molecular weight is 439 g/mol. The number of esters is 2. The normalized spacial score (nSPS) is 39.8. The molecule has 0 amide bonds. The molecule has 1 fully saturated rings. The molecule has 32 heavy (non-hydrogen) atoms. The van der Waals surface area contributed by atoms with Crippen LogP contribution in [-0.4, -0.2) is 34.7 Å². The van der Waals surface area contributed by atoms with Gasteiger partial charge >= 0.3 is 11.9 Å². The Balaban J connectivity index is 1.78. The summed E-state index contributed by atoms with van der Waals surface area (Å²) in [5, 5.41) is 0. The Morgan fingerprint density at radius 2 is 1.72 bits per heavy atom. The lowest BCUT2D eigenvalue weighted by molar-refractivity contribution is -0.186. The van der Waals surface area contributed by atoms with Gasteiger partial charge in [-0.2, -0.15) is 0 Å². The van der Waals surface area contributed by atoms with Crippen molar-refractivity contribution in [1.29, 1.82) is 0 Å². The summed E-state index contributed by atoms with van der Waals surface area (Å²) in [6, 6.07) is 0. The molecule has 1 saturated carbocycles. The van der Waals surface area contributed by atoms with E-state index in [1.807, 2.05) is 13.0 Å². The van der Waals surface area contributed by atoms with Gasteiger partial charge in [-0.3, -0.25) is 19.2 Å². The Hall–Kier alpha value is -2.76. The Kier molecular flexibility index (Phi) is 4.99. The first-order chi connectivity index (χ1) is 14.8. The standard InChI is InChI=1S/C26H30O6/c1-14-10-17(12-25(5,22(14)29)31-15(2)27)11-18-13-24(4)20-9-7-8-19(20)21(18)26(6,23(24)30)32-16(3)28/h7-8,10,12-13,19-21H,9,11H2,1-6H3. The SMILES string of the molecule is CC(=O)OC1(C)C=C(CC2=CC3(C)C(=O)C(C)(OC(C)=O)C2C2C=CCC23)C=C(C)C1=O. The number of fused-ring (bicyclic) bond motifs is 1. The maximum absolute atomic E-state index is 13.6. The molecule has 0 heterocycles. The number of carbonyl (C=O) groups excluding carboxylic acids is 4. The van der Waals surface area contributed by atoms with Gasteiger partial charge in [0.05, 0.1) is 5.41 Å². The van der Waals surface area contributed by atoms with Crippen molar-refractivity contribution in [3.05, 3.63) is 47.1 Å². The van der Waals surface area contributed by atoms with Gasteiger partial charge in [0, 0.05) is 19.8 Å². The Morgan fingerprint density at radius 3 is 2.34 bits per heavy atom. The first-order valence-electron chi connectivity index (χ1n) is 11.1. The Bertz CT molecular complexity index is 1060. The van der Waals surface area contributed by atoms with Gasteiger partial charge in [0.15, 0.2) is 17.0 Å². The van der Waals surface area contributed by atoms with E-state index in [2.05, 4.69) is 18.2 Å². The van der Waals surface area contributed by atoms with Crippen molar-refractivity contribution in [3.63, 3.8) is 0 Å². The van der Waals surface area contributed by atoms with E-state index in [9.17, 15) is 19.2 Å². The second kappa shape index (κ2) is 7.12. The third-order valence-electron chi connectivity index (χ3n) is 7.58. The van der Waals surface area contributed by atoms with Gasteiger partial charge < -0.3 is 9.47 Å². The first-order valence-corrected chi connectivity index (χ1v) is 11.1. The van der Waals surface area contributed by atoms with Crippen LogP contribution in [-0.2, 0) is 28.7 Å². The minimum Gasteiger partial charge on any atom is -0.451 e. The summed E-state index contributed by atoms with van der Waals surface area (Å²) >= 11 is 0. The summed E-state index contributed by atoms with van der Waals surface area (Å²) in [7, 11) is 0. The van der Waals surface area contributed by atoms with Crippen LogP contribution >= 0.6 is 0 Å². The van der Waals surface area contributed by atoms with Crippen molar-refractivity contribution in [3.8, 4) is 0 Å². The second-order valence-electron chi connectivity index (χ2n) is 10.1. The van der Waals surface area contributed by atoms with E-state index in [0.29, 0.717) is 12.0 Å². The molecular weight excluding hydrogens is 408 g/mol. The van der Waals surface area contributed by atoms with E-state index in [4.69, 9.17) is 9.47 Å².